The van der Waals surface area contributed by atoms with E-state index in [1.54, 1.807) is 7.05 Å². The number of piperidine rings is 1. The van der Waals surface area contributed by atoms with Crippen LogP contribution in [0.25, 0.3) is 0 Å². The van der Waals surface area contributed by atoms with Crippen LogP contribution in [0.2, 0.25) is 0 Å². The molecule has 0 aliphatic carbocycles. The Labute approximate surface area is 196 Å². The van der Waals surface area contributed by atoms with Gasteiger partial charge in [0, 0.05) is 51.2 Å². The average Bonchev–Trinajstić information content (AvgIpc) is 2.77. The highest BCUT2D eigenvalue weighted by molar-refractivity contribution is 14.0. The molecule has 1 fully saturated rings. The monoisotopic (exact) mass is 524 g/mol. The molecule has 3 rings (SSSR count). The van der Waals surface area contributed by atoms with Crippen LogP contribution in [0.15, 0.2) is 41.7 Å². The summed E-state index contributed by atoms with van der Waals surface area (Å²) in [6.07, 6.45) is 6.87. The standard InChI is InChI=1S/C22H32N6O.HI/c1-4-13-29-21-8-6-18(15-25-21)16-26-22(23-3)27-19-9-11-28(12-10-19)20-7-5-17(2)14-24-20;/h5-8,14-15,19H,4,9-13,16H2,1-3H3,(H2,23,26,27);1H. The molecule has 0 spiro atoms. The number of hydrogen-bond donors (Lipinski definition) is 2. The van der Waals surface area contributed by atoms with Gasteiger partial charge in [0.1, 0.15) is 5.82 Å². The van der Waals surface area contributed by atoms with Crippen LogP contribution in [0.5, 0.6) is 5.88 Å². The lowest BCUT2D eigenvalue weighted by Crippen LogP contribution is -2.48. The van der Waals surface area contributed by atoms with Gasteiger partial charge in [-0.2, -0.15) is 0 Å². The molecule has 2 N–H and O–H groups in total. The Morgan fingerprint density at radius 3 is 2.57 bits per heavy atom. The van der Waals surface area contributed by atoms with Gasteiger partial charge < -0.3 is 20.3 Å². The van der Waals surface area contributed by atoms with Crippen LogP contribution < -0.4 is 20.3 Å². The highest BCUT2D eigenvalue weighted by Crippen LogP contribution is 2.18. The second kappa shape index (κ2) is 12.6. The third kappa shape index (κ3) is 7.30. The third-order valence-electron chi connectivity index (χ3n) is 4.99. The van der Waals surface area contributed by atoms with Crippen molar-refractivity contribution in [1.82, 2.24) is 20.6 Å². The van der Waals surface area contributed by atoms with Crippen molar-refractivity contribution >= 4 is 35.8 Å². The molecule has 30 heavy (non-hydrogen) atoms. The van der Waals surface area contributed by atoms with Gasteiger partial charge in [0.25, 0.3) is 0 Å². The molecule has 0 saturated carbocycles. The van der Waals surface area contributed by atoms with E-state index in [2.05, 4.69) is 56.5 Å². The highest BCUT2D eigenvalue weighted by Gasteiger charge is 2.20. The van der Waals surface area contributed by atoms with Crippen LogP contribution in [0.3, 0.4) is 0 Å². The van der Waals surface area contributed by atoms with E-state index in [1.807, 2.05) is 24.5 Å². The Hall–Kier alpha value is -2.10. The normalized spacial score (nSPS) is 14.8. The molecule has 0 unspecified atom stereocenters. The van der Waals surface area contributed by atoms with Gasteiger partial charge in [-0.3, -0.25) is 4.99 Å². The minimum atomic E-state index is 0. The van der Waals surface area contributed by atoms with Crippen molar-refractivity contribution in [3.8, 4) is 5.88 Å². The average molecular weight is 524 g/mol. The summed E-state index contributed by atoms with van der Waals surface area (Å²) >= 11 is 0. The summed E-state index contributed by atoms with van der Waals surface area (Å²) in [5.74, 6) is 2.56. The van der Waals surface area contributed by atoms with Gasteiger partial charge >= 0.3 is 0 Å². The number of pyridine rings is 2. The number of nitrogens with zero attached hydrogens (tertiary/aromatic N) is 4. The van der Waals surface area contributed by atoms with E-state index >= 15 is 0 Å². The molecular weight excluding hydrogens is 491 g/mol. The fourth-order valence-corrected chi connectivity index (χ4v) is 3.28. The number of guanidine groups is 1. The molecule has 0 radical (unpaired) electrons. The van der Waals surface area contributed by atoms with Crippen LogP contribution in [-0.4, -0.2) is 48.7 Å². The molecule has 7 nitrogen and oxygen atoms in total. The summed E-state index contributed by atoms with van der Waals surface area (Å²) in [6.45, 7) is 7.50. The molecule has 1 aliphatic heterocycles. The van der Waals surface area contributed by atoms with E-state index < -0.39 is 0 Å². The second-order valence-electron chi connectivity index (χ2n) is 7.38. The lowest BCUT2D eigenvalue weighted by atomic mass is 10.1. The maximum Gasteiger partial charge on any atom is 0.213 e. The lowest BCUT2D eigenvalue weighted by molar-refractivity contribution is 0.305. The quantitative estimate of drug-likeness (QED) is 0.328. The minimum absolute atomic E-state index is 0. The van der Waals surface area contributed by atoms with Gasteiger partial charge in [-0.05, 0) is 43.4 Å². The first-order chi connectivity index (χ1) is 14.2. The number of aryl methyl sites for hydroxylation is 1. The van der Waals surface area contributed by atoms with Crippen molar-refractivity contribution in [3.05, 3.63) is 47.8 Å². The molecular formula is C22H33IN6O. The lowest BCUT2D eigenvalue weighted by Gasteiger charge is -2.33. The molecule has 0 bridgehead atoms. The first-order valence-corrected chi connectivity index (χ1v) is 10.4. The van der Waals surface area contributed by atoms with E-state index in [9.17, 15) is 0 Å². The van der Waals surface area contributed by atoms with E-state index in [0.29, 0.717) is 25.1 Å². The Balaban J connectivity index is 0.00000320. The van der Waals surface area contributed by atoms with Gasteiger partial charge in [0.2, 0.25) is 5.88 Å². The first-order valence-electron chi connectivity index (χ1n) is 10.4. The summed E-state index contributed by atoms with van der Waals surface area (Å²) in [5, 5.41) is 6.92. The highest BCUT2D eigenvalue weighted by atomic mass is 127. The topological polar surface area (TPSA) is 74.7 Å². The number of hydrogen-bond acceptors (Lipinski definition) is 5. The van der Waals surface area contributed by atoms with Crippen LogP contribution in [0.1, 0.15) is 37.3 Å². The maximum atomic E-state index is 5.53. The molecule has 2 aromatic rings. The number of aromatic nitrogens is 2. The van der Waals surface area contributed by atoms with Crippen LogP contribution in [0, 0.1) is 6.92 Å². The van der Waals surface area contributed by atoms with Gasteiger partial charge in [0.05, 0.1) is 6.61 Å². The summed E-state index contributed by atoms with van der Waals surface area (Å²) in [6, 6.07) is 8.58. The first kappa shape index (κ1) is 24.2. The molecule has 0 atom stereocenters. The minimum Gasteiger partial charge on any atom is -0.478 e. The number of ether oxygens (including phenoxy) is 1. The van der Waals surface area contributed by atoms with Crippen molar-refractivity contribution in [2.45, 2.75) is 45.7 Å². The van der Waals surface area contributed by atoms with E-state index in [0.717, 1.165) is 49.7 Å². The predicted octanol–water partition coefficient (Wildman–Crippen LogP) is 3.53. The van der Waals surface area contributed by atoms with E-state index in [-0.39, 0.29) is 24.0 Å². The molecule has 1 aliphatic rings. The van der Waals surface area contributed by atoms with Crippen molar-refractivity contribution in [2.75, 3.05) is 31.6 Å². The van der Waals surface area contributed by atoms with Crippen molar-refractivity contribution < 1.29 is 4.74 Å². The molecule has 0 amide bonds. The van der Waals surface area contributed by atoms with Gasteiger partial charge in [-0.15, -0.1) is 24.0 Å². The zero-order chi connectivity index (χ0) is 20.5. The number of nitrogens with one attached hydrogen (secondary N) is 2. The number of anilines is 1. The van der Waals surface area contributed by atoms with Crippen LogP contribution in [-0.2, 0) is 6.54 Å². The Morgan fingerprint density at radius 2 is 1.97 bits per heavy atom. The Kier molecular flexibility index (Phi) is 10.1. The summed E-state index contributed by atoms with van der Waals surface area (Å²) in [7, 11) is 1.81. The predicted molar refractivity (Wildman–Crippen MR) is 133 cm³/mol. The van der Waals surface area contributed by atoms with Gasteiger partial charge in [-0.25, -0.2) is 9.97 Å². The number of halogens is 1. The summed E-state index contributed by atoms with van der Waals surface area (Å²) in [5.41, 5.74) is 2.29. The van der Waals surface area contributed by atoms with Crippen molar-refractivity contribution in [2.24, 2.45) is 4.99 Å². The number of aliphatic imine (C=N–C) groups is 1. The zero-order valence-corrected chi connectivity index (χ0v) is 20.4. The Morgan fingerprint density at radius 1 is 1.17 bits per heavy atom. The maximum absolute atomic E-state index is 5.53. The second-order valence-corrected chi connectivity index (χ2v) is 7.38. The number of rotatable bonds is 7. The van der Waals surface area contributed by atoms with E-state index in [4.69, 9.17) is 4.74 Å². The zero-order valence-electron chi connectivity index (χ0n) is 18.1. The molecule has 1 saturated heterocycles. The van der Waals surface area contributed by atoms with E-state index in [1.165, 1.54) is 5.56 Å². The molecule has 0 aromatic carbocycles. The SMILES string of the molecule is CCCOc1ccc(CNC(=NC)NC2CCN(c3ccc(C)cn3)CC2)cn1.I. The molecule has 2 aromatic heterocycles. The summed E-state index contributed by atoms with van der Waals surface area (Å²) in [4.78, 5) is 15.6. The molecule has 164 valence electrons. The fraction of sp³-hybridized carbons (Fsp3) is 0.500. The summed E-state index contributed by atoms with van der Waals surface area (Å²) < 4.78 is 5.53. The third-order valence-corrected chi connectivity index (χ3v) is 4.99. The van der Waals surface area contributed by atoms with Crippen molar-refractivity contribution in [3.63, 3.8) is 0 Å². The van der Waals surface area contributed by atoms with Crippen molar-refractivity contribution in [1.29, 1.82) is 0 Å². The van der Waals surface area contributed by atoms with Gasteiger partial charge in [-0.1, -0.05) is 19.1 Å². The van der Waals surface area contributed by atoms with Gasteiger partial charge in [0.15, 0.2) is 5.96 Å². The molecule has 8 heteroatoms. The molecule has 3 heterocycles. The van der Waals surface area contributed by atoms with Crippen LogP contribution >= 0.6 is 24.0 Å². The Bertz CT molecular complexity index is 773. The largest absolute Gasteiger partial charge is 0.478 e. The smallest absolute Gasteiger partial charge is 0.213 e. The van der Waals surface area contributed by atoms with Crippen LogP contribution in [0.4, 0.5) is 5.82 Å². The fourth-order valence-electron chi connectivity index (χ4n) is 3.28.